The number of hydrogen-bond acceptors (Lipinski definition) is 4. The highest BCUT2D eigenvalue weighted by molar-refractivity contribution is 5.80. The van der Waals surface area contributed by atoms with Gasteiger partial charge in [-0.05, 0) is 26.0 Å². The Bertz CT molecular complexity index is 633. The van der Waals surface area contributed by atoms with Crippen LogP contribution in [0.1, 0.15) is 13.8 Å². The average Bonchev–Trinajstić information content (AvgIpc) is 2.69. The molecule has 0 saturated carbocycles. The molecule has 1 aromatic rings. The second kappa shape index (κ2) is 9.37. The molecule has 27 heavy (non-hydrogen) atoms. The molecule has 1 aromatic carbocycles. The van der Waals surface area contributed by atoms with Crippen molar-refractivity contribution in [1.82, 2.24) is 15.1 Å². The monoisotopic (exact) mass is 377 g/mol. The number of nitrogens with zero attached hydrogens (tertiary/aromatic N) is 4. The topological polar surface area (TPSA) is 43.3 Å². The number of guanidine groups is 1. The number of piperazine rings is 1. The van der Waals surface area contributed by atoms with Gasteiger partial charge in [-0.3, -0.25) is 9.89 Å². The summed E-state index contributed by atoms with van der Waals surface area (Å²) in [5, 5.41) is 3.52. The van der Waals surface area contributed by atoms with Gasteiger partial charge in [-0.1, -0.05) is 12.1 Å². The van der Waals surface area contributed by atoms with Crippen LogP contribution in [0, 0.1) is 5.82 Å². The lowest BCUT2D eigenvalue weighted by molar-refractivity contribution is -0.0175. The summed E-state index contributed by atoms with van der Waals surface area (Å²) in [5.74, 6) is 0.776. The minimum atomic E-state index is -0.151. The van der Waals surface area contributed by atoms with Crippen LogP contribution in [0.15, 0.2) is 29.3 Å². The molecular weight excluding hydrogens is 345 g/mol. The fourth-order valence-corrected chi connectivity index (χ4v) is 3.95. The van der Waals surface area contributed by atoms with Crippen LogP contribution in [-0.4, -0.2) is 87.4 Å². The SMILES string of the molecule is CN=C(NCC(C)N1CCOCC1C)N1CCN(c2ccccc2F)CC1. The molecule has 1 N–H and O–H groups in total. The molecule has 2 heterocycles. The van der Waals surface area contributed by atoms with E-state index in [1.54, 1.807) is 6.07 Å². The number of rotatable bonds is 4. The van der Waals surface area contributed by atoms with E-state index in [-0.39, 0.29) is 5.82 Å². The Morgan fingerprint density at radius 3 is 2.67 bits per heavy atom. The van der Waals surface area contributed by atoms with Crippen molar-refractivity contribution in [2.45, 2.75) is 25.9 Å². The van der Waals surface area contributed by atoms with Crippen LogP contribution in [0.4, 0.5) is 10.1 Å². The van der Waals surface area contributed by atoms with Crippen molar-refractivity contribution >= 4 is 11.6 Å². The Morgan fingerprint density at radius 1 is 1.26 bits per heavy atom. The lowest BCUT2D eigenvalue weighted by Crippen LogP contribution is -2.56. The second-order valence-corrected chi connectivity index (χ2v) is 7.36. The van der Waals surface area contributed by atoms with Crippen molar-refractivity contribution < 1.29 is 9.13 Å². The number of hydrogen-bond donors (Lipinski definition) is 1. The van der Waals surface area contributed by atoms with Gasteiger partial charge >= 0.3 is 0 Å². The highest BCUT2D eigenvalue weighted by atomic mass is 19.1. The lowest BCUT2D eigenvalue weighted by atomic mass is 10.2. The Labute approximate surface area is 162 Å². The minimum Gasteiger partial charge on any atom is -0.379 e. The molecule has 2 unspecified atom stereocenters. The van der Waals surface area contributed by atoms with Crippen molar-refractivity contribution in [3.05, 3.63) is 30.1 Å². The quantitative estimate of drug-likeness (QED) is 0.638. The Kier molecular flexibility index (Phi) is 6.90. The number of nitrogens with one attached hydrogen (secondary N) is 1. The first-order chi connectivity index (χ1) is 13.1. The standard InChI is InChI=1S/C20H32FN5O/c1-16(26-12-13-27-15-17(26)2)14-23-20(22-3)25-10-8-24(9-11-25)19-7-5-4-6-18(19)21/h4-7,16-17H,8-15H2,1-3H3,(H,22,23). The summed E-state index contributed by atoms with van der Waals surface area (Å²) in [7, 11) is 1.83. The van der Waals surface area contributed by atoms with Crippen molar-refractivity contribution in [3.63, 3.8) is 0 Å². The molecule has 6 nitrogen and oxygen atoms in total. The lowest BCUT2D eigenvalue weighted by Gasteiger charge is -2.40. The van der Waals surface area contributed by atoms with Crippen molar-refractivity contribution in [1.29, 1.82) is 0 Å². The van der Waals surface area contributed by atoms with E-state index in [1.165, 1.54) is 6.07 Å². The van der Waals surface area contributed by atoms with Gasteiger partial charge in [0.15, 0.2) is 5.96 Å². The molecule has 3 rings (SSSR count). The summed E-state index contributed by atoms with van der Waals surface area (Å²) < 4.78 is 19.5. The largest absolute Gasteiger partial charge is 0.379 e. The molecule has 2 aliphatic heterocycles. The molecule has 2 atom stereocenters. The minimum absolute atomic E-state index is 0.151. The number of morpholine rings is 1. The van der Waals surface area contributed by atoms with Gasteiger partial charge in [-0.25, -0.2) is 4.39 Å². The number of anilines is 1. The molecule has 150 valence electrons. The van der Waals surface area contributed by atoms with E-state index >= 15 is 0 Å². The van der Waals surface area contributed by atoms with Crippen LogP contribution < -0.4 is 10.2 Å². The van der Waals surface area contributed by atoms with Gasteiger partial charge in [-0.15, -0.1) is 0 Å². The van der Waals surface area contributed by atoms with E-state index < -0.39 is 0 Å². The van der Waals surface area contributed by atoms with Gasteiger partial charge in [0.2, 0.25) is 0 Å². The summed E-state index contributed by atoms with van der Waals surface area (Å²) in [6, 6.07) is 7.86. The van der Waals surface area contributed by atoms with E-state index in [1.807, 2.05) is 19.2 Å². The van der Waals surface area contributed by atoms with E-state index in [0.29, 0.717) is 17.8 Å². The maximum atomic E-state index is 14.0. The predicted molar refractivity (Wildman–Crippen MR) is 108 cm³/mol. The highest BCUT2D eigenvalue weighted by Gasteiger charge is 2.25. The number of para-hydroxylation sites is 1. The summed E-state index contributed by atoms with van der Waals surface area (Å²) in [4.78, 5) is 11.3. The zero-order valence-corrected chi connectivity index (χ0v) is 16.7. The fraction of sp³-hybridized carbons (Fsp3) is 0.650. The summed E-state index contributed by atoms with van der Waals surface area (Å²) in [6.45, 7) is 11.1. The molecule has 2 fully saturated rings. The first kappa shape index (κ1) is 19.9. The summed E-state index contributed by atoms with van der Waals surface area (Å²) in [5.41, 5.74) is 0.690. The molecule has 0 spiro atoms. The average molecular weight is 378 g/mol. The first-order valence-corrected chi connectivity index (χ1v) is 9.88. The van der Waals surface area contributed by atoms with Crippen molar-refractivity contribution in [2.24, 2.45) is 4.99 Å². The third-order valence-electron chi connectivity index (χ3n) is 5.52. The Morgan fingerprint density at radius 2 is 2.00 bits per heavy atom. The van der Waals surface area contributed by atoms with Gasteiger partial charge in [0.1, 0.15) is 5.82 Å². The second-order valence-electron chi connectivity index (χ2n) is 7.36. The van der Waals surface area contributed by atoms with Crippen LogP contribution in [0.3, 0.4) is 0 Å². The third-order valence-corrected chi connectivity index (χ3v) is 5.52. The molecule has 0 amide bonds. The molecule has 0 radical (unpaired) electrons. The third kappa shape index (κ3) is 4.90. The molecule has 0 bridgehead atoms. The maximum Gasteiger partial charge on any atom is 0.193 e. The van der Waals surface area contributed by atoms with Crippen molar-refractivity contribution in [2.75, 3.05) is 64.4 Å². The maximum absolute atomic E-state index is 14.0. The van der Waals surface area contributed by atoms with Gasteiger partial charge < -0.3 is 19.9 Å². The molecule has 2 saturated heterocycles. The molecule has 2 aliphatic rings. The predicted octanol–water partition coefficient (Wildman–Crippen LogP) is 1.63. The van der Waals surface area contributed by atoms with Gasteiger partial charge in [0.25, 0.3) is 0 Å². The van der Waals surface area contributed by atoms with Crippen LogP contribution in [-0.2, 0) is 4.74 Å². The number of halogens is 1. The molecule has 0 aromatic heterocycles. The smallest absolute Gasteiger partial charge is 0.193 e. The zero-order valence-electron chi connectivity index (χ0n) is 16.7. The van der Waals surface area contributed by atoms with E-state index in [4.69, 9.17) is 4.74 Å². The van der Waals surface area contributed by atoms with E-state index in [9.17, 15) is 4.39 Å². The van der Waals surface area contributed by atoms with Crippen LogP contribution in [0.25, 0.3) is 0 Å². The van der Waals surface area contributed by atoms with E-state index in [2.05, 4.69) is 38.9 Å². The molecular formula is C20H32FN5O. The van der Waals surface area contributed by atoms with Crippen LogP contribution in [0.2, 0.25) is 0 Å². The number of benzene rings is 1. The number of ether oxygens (including phenoxy) is 1. The van der Waals surface area contributed by atoms with Crippen LogP contribution in [0.5, 0.6) is 0 Å². The molecule has 0 aliphatic carbocycles. The summed E-state index contributed by atoms with van der Waals surface area (Å²) >= 11 is 0. The molecule has 7 heteroatoms. The number of aliphatic imine (C=N–C) groups is 1. The normalized spacial score (nSPS) is 23.4. The Balaban J connectivity index is 1.50. The first-order valence-electron chi connectivity index (χ1n) is 9.88. The van der Waals surface area contributed by atoms with Crippen LogP contribution >= 0.6 is 0 Å². The Hall–Kier alpha value is -1.86. The van der Waals surface area contributed by atoms with E-state index in [0.717, 1.165) is 58.4 Å². The fourth-order valence-electron chi connectivity index (χ4n) is 3.95. The van der Waals surface area contributed by atoms with Gasteiger partial charge in [0, 0.05) is 58.4 Å². The highest BCUT2D eigenvalue weighted by Crippen LogP contribution is 2.20. The van der Waals surface area contributed by atoms with Gasteiger partial charge in [0.05, 0.1) is 18.9 Å². The zero-order chi connectivity index (χ0) is 19.2. The van der Waals surface area contributed by atoms with Gasteiger partial charge in [-0.2, -0.15) is 0 Å². The summed E-state index contributed by atoms with van der Waals surface area (Å²) in [6.07, 6.45) is 0. The van der Waals surface area contributed by atoms with Crippen molar-refractivity contribution in [3.8, 4) is 0 Å².